The smallest absolute Gasteiger partial charge is 0.316 e. The number of anilines is 1. The van der Waals surface area contributed by atoms with Gasteiger partial charge in [0.05, 0.1) is 11.2 Å². The maximum absolute atomic E-state index is 11.8. The number of nitrogens with zero attached hydrogens (tertiary/aromatic N) is 1. The molecular formula is C7H7F3N2OS. The van der Waals surface area contributed by atoms with Crippen LogP contribution >= 0.6 is 11.3 Å². The number of aromatic nitrogens is 1. The molecule has 1 amide bonds. The van der Waals surface area contributed by atoms with E-state index >= 15 is 0 Å². The summed E-state index contributed by atoms with van der Waals surface area (Å²) in [5.41, 5.74) is 1.98. The van der Waals surface area contributed by atoms with Crippen molar-refractivity contribution in [1.29, 1.82) is 0 Å². The zero-order valence-electron chi connectivity index (χ0n) is 7.18. The van der Waals surface area contributed by atoms with Crippen molar-refractivity contribution >= 4 is 22.2 Å². The van der Waals surface area contributed by atoms with Crippen molar-refractivity contribution in [2.75, 3.05) is 5.32 Å². The molecule has 1 heterocycles. The molecule has 1 aromatic heterocycles. The average molecular weight is 224 g/mol. The highest BCUT2D eigenvalue weighted by Gasteiger charge is 2.31. The van der Waals surface area contributed by atoms with Crippen LogP contribution in [-0.4, -0.2) is 17.1 Å². The number of rotatable bonds is 2. The van der Waals surface area contributed by atoms with Crippen LogP contribution in [0.1, 0.15) is 12.1 Å². The Balaban J connectivity index is 2.54. The Hall–Kier alpha value is -1.11. The molecule has 0 saturated heterocycles. The molecule has 0 radical (unpaired) electrons. The Kier molecular flexibility index (Phi) is 3.10. The number of carbonyl (C=O) groups is 1. The van der Waals surface area contributed by atoms with E-state index in [0.29, 0.717) is 10.7 Å². The van der Waals surface area contributed by atoms with Gasteiger partial charge >= 0.3 is 6.18 Å². The lowest BCUT2D eigenvalue weighted by Crippen LogP contribution is -2.21. The van der Waals surface area contributed by atoms with E-state index < -0.39 is 18.5 Å². The van der Waals surface area contributed by atoms with Crippen LogP contribution in [0.15, 0.2) is 5.51 Å². The van der Waals surface area contributed by atoms with E-state index in [2.05, 4.69) is 10.3 Å². The van der Waals surface area contributed by atoms with Crippen molar-refractivity contribution < 1.29 is 18.0 Å². The number of hydrogen-bond acceptors (Lipinski definition) is 3. The number of nitrogens with one attached hydrogen (secondary N) is 1. The first-order chi connectivity index (χ1) is 6.38. The van der Waals surface area contributed by atoms with E-state index in [4.69, 9.17) is 0 Å². The Bertz CT molecular complexity index is 334. The van der Waals surface area contributed by atoms with Gasteiger partial charge in [-0.15, -0.1) is 11.3 Å². The number of amides is 1. The molecule has 0 atom stereocenters. The van der Waals surface area contributed by atoms with Gasteiger partial charge in [0.25, 0.3) is 0 Å². The highest BCUT2D eigenvalue weighted by atomic mass is 32.1. The molecule has 0 aliphatic heterocycles. The first-order valence-electron chi connectivity index (χ1n) is 3.65. The summed E-state index contributed by atoms with van der Waals surface area (Å²) in [6.07, 6.45) is -5.94. The Labute approximate surface area is 82.0 Å². The molecule has 14 heavy (non-hydrogen) atoms. The molecule has 0 bridgehead atoms. The molecule has 3 nitrogen and oxygen atoms in total. The highest BCUT2D eigenvalue weighted by molar-refractivity contribution is 7.14. The van der Waals surface area contributed by atoms with Gasteiger partial charge in [-0.05, 0) is 6.92 Å². The molecule has 0 aliphatic rings. The number of thiazole rings is 1. The number of carbonyl (C=O) groups excluding carboxylic acids is 1. The Morgan fingerprint density at radius 1 is 1.64 bits per heavy atom. The monoisotopic (exact) mass is 224 g/mol. The topological polar surface area (TPSA) is 42.0 Å². The van der Waals surface area contributed by atoms with Gasteiger partial charge < -0.3 is 5.32 Å². The zero-order valence-corrected chi connectivity index (χ0v) is 8.00. The lowest BCUT2D eigenvalue weighted by atomic mass is 10.4. The van der Waals surface area contributed by atoms with Gasteiger partial charge in [0.2, 0.25) is 5.91 Å². The van der Waals surface area contributed by atoms with Crippen molar-refractivity contribution in [3.05, 3.63) is 11.2 Å². The average Bonchev–Trinajstić information content (AvgIpc) is 2.32. The molecule has 7 heteroatoms. The van der Waals surface area contributed by atoms with Crippen LogP contribution in [0, 0.1) is 6.92 Å². The Morgan fingerprint density at radius 3 is 2.71 bits per heavy atom. The van der Waals surface area contributed by atoms with Crippen LogP contribution in [0.4, 0.5) is 18.2 Å². The SMILES string of the molecule is Cc1ncsc1NC(=O)CC(F)(F)F. The molecular weight excluding hydrogens is 217 g/mol. The van der Waals surface area contributed by atoms with Gasteiger partial charge in [-0.2, -0.15) is 13.2 Å². The molecule has 78 valence electrons. The minimum absolute atomic E-state index is 0.360. The summed E-state index contributed by atoms with van der Waals surface area (Å²) in [7, 11) is 0. The van der Waals surface area contributed by atoms with Crippen molar-refractivity contribution in [2.45, 2.75) is 19.5 Å². The molecule has 0 aromatic carbocycles. The number of aryl methyl sites for hydroxylation is 1. The third kappa shape index (κ3) is 3.33. The quantitative estimate of drug-likeness (QED) is 0.837. The number of halogens is 3. The van der Waals surface area contributed by atoms with Crippen LogP contribution in [-0.2, 0) is 4.79 Å². The van der Waals surface area contributed by atoms with Crippen molar-refractivity contribution in [3.8, 4) is 0 Å². The standard InChI is InChI=1S/C7H7F3N2OS/c1-4-6(14-3-11-4)12-5(13)2-7(8,9)10/h3H,2H2,1H3,(H,12,13). The van der Waals surface area contributed by atoms with Crippen molar-refractivity contribution in [2.24, 2.45) is 0 Å². The molecule has 1 N–H and O–H groups in total. The molecule has 0 aliphatic carbocycles. The normalized spacial score (nSPS) is 11.4. The van der Waals surface area contributed by atoms with E-state index in [1.165, 1.54) is 5.51 Å². The molecule has 0 unspecified atom stereocenters. The summed E-state index contributed by atoms with van der Waals surface area (Å²) in [6, 6.07) is 0. The molecule has 1 aromatic rings. The summed E-state index contributed by atoms with van der Waals surface area (Å²) in [4.78, 5) is 14.6. The molecule has 0 saturated carbocycles. The molecule has 0 spiro atoms. The van der Waals surface area contributed by atoms with Gasteiger partial charge in [0, 0.05) is 0 Å². The minimum Gasteiger partial charge on any atom is -0.316 e. The van der Waals surface area contributed by atoms with Gasteiger partial charge in [-0.25, -0.2) is 4.98 Å². The predicted octanol–water partition coefficient (Wildman–Crippen LogP) is 2.34. The number of hydrogen-bond donors (Lipinski definition) is 1. The summed E-state index contributed by atoms with van der Waals surface area (Å²) in [5, 5.41) is 2.50. The molecule has 1 rings (SSSR count). The van der Waals surface area contributed by atoms with E-state index in [-0.39, 0.29) is 0 Å². The van der Waals surface area contributed by atoms with E-state index in [1.807, 2.05) is 0 Å². The maximum atomic E-state index is 11.8. The van der Waals surface area contributed by atoms with Crippen LogP contribution in [0.25, 0.3) is 0 Å². The van der Waals surface area contributed by atoms with Crippen LogP contribution in [0.5, 0.6) is 0 Å². The highest BCUT2D eigenvalue weighted by Crippen LogP contribution is 2.23. The van der Waals surface area contributed by atoms with Crippen LogP contribution in [0.3, 0.4) is 0 Å². The zero-order chi connectivity index (χ0) is 10.8. The fourth-order valence-corrected chi connectivity index (χ4v) is 1.49. The van der Waals surface area contributed by atoms with Crippen LogP contribution < -0.4 is 5.32 Å². The lowest BCUT2D eigenvalue weighted by molar-refractivity contribution is -0.150. The second kappa shape index (κ2) is 3.95. The first-order valence-corrected chi connectivity index (χ1v) is 4.53. The summed E-state index contributed by atoms with van der Waals surface area (Å²) in [5.74, 6) is -1.06. The second-order valence-corrected chi connectivity index (χ2v) is 3.46. The fraction of sp³-hybridized carbons (Fsp3) is 0.429. The fourth-order valence-electron chi connectivity index (χ4n) is 0.775. The van der Waals surface area contributed by atoms with Crippen molar-refractivity contribution in [1.82, 2.24) is 4.98 Å². The summed E-state index contributed by atoms with van der Waals surface area (Å²) >= 11 is 1.09. The van der Waals surface area contributed by atoms with E-state index in [9.17, 15) is 18.0 Å². The van der Waals surface area contributed by atoms with Gasteiger partial charge in [-0.3, -0.25) is 4.79 Å². The van der Waals surface area contributed by atoms with Gasteiger partial charge in [0.15, 0.2) is 0 Å². The largest absolute Gasteiger partial charge is 0.397 e. The van der Waals surface area contributed by atoms with Gasteiger partial charge in [0.1, 0.15) is 11.4 Å². The first kappa shape index (κ1) is 11.0. The minimum atomic E-state index is -4.47. The van der Waals surface area contributed by atoms with Crippen LogP contribution in [0.2, 0.25) is 0 Å². The second-order valence-electron chi connectivity index (χ2n) is 2.61. The third-order valence-corrected chi connectivity index (χ3v) is 2.20. The maximum Gasteiger partial charge on any atom is 0.397 e. The summed E-state index contributed by atoms with van der Waals surface area (Å²) in [6.45, 7) is 1.61. The van der Waals surface area contributed by atoms with E-state index in [0.717, 1.165) is 11.3 Å². The molecule has 0 fully saturated rings. The predicted molar refractivity (Wildman–Crippen MR) is 46.2 cm³/mol. The van der Waals surface area contributed by atoms with Crippen molar-refractivity contribution in [3.63, 3.8) is 0 Å². The summed E-state index contributed by atoms with van der Waals surface area (Å²) < 4.78 is 35.3. The Morgan fingerprint density at radius 2 is 2.29 bits per heavy atom. The third-order valence-electron chi connectivity index (χ3n) is 1.36. The van der Waals surface area contributed by atoms with Gasteiger partial charge in [-0.1, -0.05) is 0 Å². The van der Waals surface area contributed by atoms with E-state index in [1.54, 1.807) is 6.92 Å². The number of alkyl halides is 3. The lowest BCUT2D eigenvalue weighted by Gasteiger charge is -2.05.